The van der Waals surface area contributed by atoms with E-state index in [0.717, 1.165) is 5.57 Å². The first kappa shape index (κ1) is 11.7. The van der Waals surface area contributed by atoms with Crippen molar-refractivity contribution in [1.82, 2.24) is 5.32 Å². The second-order valence-electron chi connectivity index (χ2n) is 3.21. The fourth-order valence-corrected chi connectivity index (χ4v) is 0.654. The van der Waals surface area contributed by atoms with E-state index >= 15 is 0 Å². The van der Waals surface area contributed by atoms with Crippen LogP contribution in [0.1, 0.15) is 20.8 Å². The van der Waals surface area contributed by atoms with Crippen molar-refractivity contribution in [3.63, 3.8) is 0 Å². The zero-order chi connectivity index (χ0) is 10.4. The molecule has 0 aromatic carbocycles. The van der Waals surface area contributed by atoms with Crippen LogP contribution in [0, 0.1) is 5.92 Å². The Labute approximate surface area is 77.6 Å². The quantitative estimate of drug-likeness (QED) is 0.636. The van der Waals surface area contributed by atoms with Gasteiger partial charge in [-0.1, -0.05) is 12.5 Å². The molecule has 4 heteroatoms. The minimum absolute atomic E-state index is 0.165. The topological polar surface area (TPSA) is 66.4 Å². The van der Waals surface area contributed by atoms with Crippen LogP contribution >= 0.6 is 0 Å². The van der Waals surface area contributed by atoms with Crippen molar-refractivity contribution < 1.29 is 14.7 Å². The van der Waals surface area contributed by atoms with Crippen LogP contribution in [0.25, 0.3) is 0 Å². The fraction of sp³-hybridized carbons (Fsp3) is 0.556. The minimum Gasteiger partial charge on any atom is -0.481 e. The highest BCUT2D eigenvalue weighted by molar-refractivity contribution is 5.88. The van der Waals surface area contributed by atoms with E-state index in [9.17, 15) is 9.59 Å². The molecule has 0 fully saturated rings. The van der Waals surface area contributed by atoms with Crippen LogP contribution in [-0.4, -0.2) is 23.5 Å². The van der Waals surface area contributed by atoms with Gasteiger partial charge in [0.25, 0.3) is 0 Å². The lowest BCUT2D eigenvalue weighted by atomic mass is 10.2. The van der Waals surface area contributed by atoms with Gasteiger partial charge in [0.1, 0.15) is 0 Å². The number of carbonyl (C=O) groups is 2. The maximum atomic E-state index is 11.0. The number of carboxylic acids is 1. The number of nitrogens with one attached hydrogen (secondary N) is 1. The van der Waals surface area contributed by atoms with E-state index in [4.69, 9.17) is 5.11 Å². The van der Waals surface area contributed by atoms with Crippen molar-refractivity contribution in [2.75, 3.05) is 6.54 Å². The first-order valence-corrected chi connectivity index (χ1v) is 4.09. The molecule has 0 saturated carbocycles. The SMILES string of the molecule is CC(C)=CC(=O)NCC(C)C(=O)O. The smallest absolute Gasteiger partial charge is 0.308 e. The van der Waals surface area contributed by atoms with Gasteiger partial charge in [-0.05, 0) is 13.8 Å². The summed E-state index contributed by atoms with van der Waals surface area (Å²) in [5.41, 5.74) is 0.889. The van der Waals surface area contributed by atoms with Gasteiger partial charge in [0.05, 0.1) is 5.92 Å². The molecule has 0 radical (unpaired) electrons. The molecule has 0 aliphatic carbocycles. The number of allylic oxidation sites excluding steroid dienone is 1. The average Bonchev–Trinajstić information content (AvgIpc) is 1.98. The maximum Gasteiger partial charge on any atom is 0.308 e. The number of hydrogen-bond donors (Lipinski definition) is 2. The Hall–Kier alpha value is -1.32. The largest absolute Gasteiger partial charge is 0.481 e. The zero-order valence-corrected chi connectivity index (χ0v) is 8.13. The molecular formula is C9H15NO3. The summed E-state index contributed by atoms with van der Waals surface area (Å²) in [5.74, 6) is -1.69. The first-order chi connectivity index (χ1) is 5.93. The summed E-state index contributed by atoms with van der Waals surface area (Å²) >= 11 is 0. The average molecular weight is 185 g/mol. The summed E-state index contributed by atoms with van der Waals surface area (Å²) in [5, 5.41) is 11.0. The summed E-state index contributed by atoms with van der Waals surface area (Å²) < 4.78 is 0. The van der Waals surface area contributed by atoms with Gasteiger partial charge in [0.2, 0.25) is 5.91 Å². The van der Waals surface area contributed by atoms with E-state index in [0.29, 0.717) is 0 Å². The Kier molecular flexibility index (Phi) is 4.80. The molecule has 0 saturated heterocycles. The van der Waals surface area contributed by atoms with Crippen LogP contribution in [-0.2, 0) is 9.59 Å². The highest BCUT2D eigenvalue weighted by Gasteiger charge is 2.10. The summed E-state index contributed by atoms with van der Waals surface area (Å²) in [6.07, 6.45) is 1.44. The van der Waals surface area contributed by atoms with Crippen LogP contribution in [0.3, 0.4) is 0 Å². The Bertz CT molecular complexity index is 229. The highest BCUT2D eigenvalue weighted by atomic mass is 16.4. The van der Waals surface area contributed by atoms with Gasteiger partial charge < -0.3 is 10.4 Å². The number of hydrogen-bond acceptors (Lipinski definition) is 2. The standard InChI is InChI=1S/C9H15NO3/c1-6(2)4-8(11)10-5-7(3)9(12)13/h4,7H,5H2,1-3H3,(H,10,11)(H,12,13). The Morgan fingerprint density at radius 2 is 2.00 bits per heavy atom. The molecule has 0 aromatic rings. The zero-order valence-electron chi connectivity index (χ0n) is 8.13. The lowest BCUT2D eigenvalue weighted by Crippen LogP contribution is -2.30. The van der Waals surface area contributed by atoms with E-state index in [-0.39, 0.29) is 12.5 Å². The van der Waals surface area contributed by atoms with Gasteiger partial charge in [-0.25, -0.2) is 0 Å². The molecule has 0 aliphatic heterocycles. The molecule has 0 rings (SSSR count). The molecule has 0 aromatic heterocycles. The lowest BCUT2D eigenvalue weighted by Gasteiger charge is -2.05. The van der Waals surface area contributed by atoms with E-state index < -0.39 is 11.9 Å². The molecule has 13 heavy (non-hydrogen) atoms. The van der Waals surface area contributed by atoms with Crippen LogP contribution in [0.4, 0.5) is 0 Å². The van der Waals surface area contributed by atoms with Crippen LogP contribution in [0.5, 0.6) is 0 Å². The van der Waals surface area contributed by atoms with Crippen molar-refractivity contribution in [3.8, 4) is 0 Å². The Morgan fingerprint density at radius 1 is 1.46 bits per heavy atom. The molecule has 0 bridgehead atoms. The van der Waals surface area contributed by atoms with Crippen LogP contribution in [0.15, 0.2) is 11.6 Å². The number of aliphatic carboxylic acids is 1. The molecular weight excluding hydrogens is 170 g/mol. The molecule has 4 nitrogen and oxygen atoms in total. The van der Waals surface area contributed by atoms with E-state index in [2.05, 4.69) is 5.32 Å². The molecule has 2 N–H and O–H groups in total. The highest BCUT2D eigenvalue weighted by Crippen LogP contribution is 1.92. The summed E-state index contributed by atoms with van der Waals surface area (Å²) in [6, 6.07) is 0. The molecule has 0 aliphatic rings. The molecule has 74 valence electrons. The van der Waals surface area contributed by atoms with E-state index in [1.165, 1.54) is 6.08 Å². The summed E-state index contributed by atoms with van der Waals surface area (Å²) in [4.78, 5) is 21.4. The lowest BCUT2D eigenvalue weighted by molar-refractivity contribution is -0.141. The second-order valence-corrected chi connectivity index (χ2v) is 3.21. The molecule has 1 amide bonds. The van der Waals surface area contributed by atoms with Crippen molar-refractivity contribution in [3.05, 3.63) is 11.6 Å². The number of amides is 1. The monoisotopic (exact) mass is 185 g/mol. The predicted octanol–water partition coefficient (Wildman–Crippen LogP) is 0.790. The summed E-state index contributed by atoms with van der Waals surface area (Å²) in [7, 11) is 0. The van der Waals surface area contributed by atoms with Gasteiger partial charge in [0, 0.05) is 12.6 Å². The third kappa shape index (κ3) is 5.90. The third-order valence-corrected chi connectivity index (χ3v) is 1.42. The minimum atomic E-state index is -0.905. The number of carboxylic acid groups (broad SMARTS) is 1. The van der Waals surface area contributed by atoms with E-state index in [1.54, 1.807) is 20.8 Å². The van der Waals surface area contributed by atoms with Crippen molar-refractivity contribution in [1.29, 1.82) is 0 Å². The fourth-order valence-electron chi connectivity index (χ4n) is 0.654. The van der Waals surface area contributed by atoms with Gasteiger partial charge in [-0.2, -0.15) is 0 Å². The third-order valence-electron chi connectivity index (χ3n) is 1.42. The Balaban J connectivity index is 3.84. The van der Waals surface area contributed by atoms with E-state index in [1.807, 2.05) is 0 Å². The van der Waals surface area contributed by atoms with Crippen LogP contribution < -0.4 is 5.32 Å². The molecule has 0 heterocycles. The van der Waals surface area contributed by atoms with Crippen LogP contribution in [0.2, 0.25) is 0 Å². The maximum absolute atomic E-state index is 11.0. The number of carbonyl (C=O) groups excluding carboxylic acids is 1. The Morgan fingerprint density at radius 3 is 2.38 bits per heavy atom. The summed E-state index contributed by atoms with van der Waals surface area (Å²) in [6.45, 7) is 5.32. The second kappa shape index (κ2) is 5.35. The normalized spacial score (nSPS) is 11.6. The van der Waals surface area contributed by atoms with Gasteiger partial charge in [-0.15, -0.1) is 0 Å². The number of rotatable bonds is 4. The molecule has 0 spiro atoms. The van der Waals surface area contributed by atoms with Crippen molar-refractivity contribution >= 4 is 11.9 Å². The van der Waals surface area contributed by atoms with Gasteiger partial charge in [0.15, 0.2) is 0 Å². The molecule has 1 atom stereocenters. The predicted molar refractivity (Wildman–Crippen MR) is 49.2 cm³/mol. The molecule has 1 unspecified atom stereocenters. The van der Waals surface area contributed by atoms with Crippen molar-refractivity contribution in [2.45, 2.75) is 20.8 Å². The van der Waals surface area contributed by atoms with Crippen molar-refractivity contribution in [2.24, 2.45) is 5.92 Å². The first-order valence-electron chi connectivity index (χ1n) is 4.09. The van der Waals surface area contributed by atoms with Gasteiger partial charge >= 0.3 is 5.97 Å². The van der Waals surface area contributed by atoms with Gasteiger partial charge in [-0.3, -0.25) is 9.59 Å².